The number of carbonyl (C=O) groups excluding carboxylic acids is 1. The maximum atomic E-state index is 13.4. The smallest absolute Gasteiger partial charge is 0.322 e. The quantitative estimate of drug-likeness (QED) is 0.461. The van der Waals surface area contributed by atoms with Gasteiger partial charge >= 0.3 is 6.03 Å². The van der Waals surface area contributed by atoms with E-state index in [-0.39, 0.29) is 18.1 Å². The highest BCUT2D eigenvalue weighted by molar-refractivity contribution is 5.90. The van der Waals surface area contributed by atoms with E-state index < -0.39 is 6.04 Å². The van der Waals surface area contributed by atoms with Crippen LogP contribution in [0.25, 0.3) is 10.9 Å². The van der Waals surface area contributed by atoms with Gasteiger partial charge in [-0.3, -0.25) is 9.36 Å². The molecule has 0 radical (unpaired) electrons. The molecule has 164 valence electrons. The van der Waals surface area contributed by atoms with Crippen LogP contribution in [-0.4, -0.2) is 20.5 Å². The Morgan fingerprint density at radius 3 is 2.59 bits per heavy atom. The molecule has 7 nitrogen and oxygen atoms in total. The van der Waals surface area contributed by atoms with Crippen LogP contribution in [0.4, 0.5) is 10.5 Å². The number of anilines is 1. The van der Waals surface area contributed by atoms with Crippen LogP contribution < -0.4 is 10.9 Å². The Morgan fingerprint density at radius 1 is 1.12 bits per heavy atom. The molecule has 2 heterocycles. The van der Waals surface area contributed by atoms with E-state index in [1.165, 1.54) is 0 Å². The number of para-hydroxylation sites is 2. The molecule has 0 saturated carbocycles. The fourth-order valence-electron chi connectivity index (χ4n) is 3.80. The van der Waals surface area contributed by atoms with Gasteiger partial charge in [0.25, 0.3) is 5.56 Å². The van der Waals surface area contributed by atoms with Gasteiger partial charge in [-0.1, -0.05) is 30.3 Å². The molecule has 7 heteroatoms. The zero-order chi connectivity index (χ0) is 22.7. The highest BCUT2D eigenvalue weighted by Crippen LogP contribution is 2.24. The van der Waals surface area contributed by atoms with Crippen molar-refractivity contribution in [2.24, 2.45) is 0 Å². The van der Waals surface area contributed by atoms with Gasteiger partial charge in [-0.15, -0.1) is 0 Å². The van der Waals surface area contributed by atoms with Gasteiger partial charge in [-0.25, -0.2) is 9.78 Å². The van der Waals surface area contributed by atoms with Crippen LogP contribution in [-0.2, 0) is 13.1 Å². The molecule has 0 aliphatic heterocycles. The Hall–Kier alpha value is -3.87. The van der Waals surface area contributed by atoms with E-state index in [1.807, 2.05) is 69.3 Å². The van der Waals surface area contributed by atoms with Crippen molar-refractivity contribution in [1.82, 2.24) is 14.5 Å². The van der Waals surface area contributed by atoms with Crippen LogP contribution in [0.1, 0.15) is 37.0 Å². The minimum Gasteiger partial charge on any atom is -0.467 e. The van der Waals surface area contributed by atoms with Crippen molar-refractivity contribution in [2.75, 3.05) is 5.32 Å². The number of carbonyl (C=O) groups is 1. The molecule has 0 aliphatic carbocycles. The number of hydrogen-bond acceptors (Lipinski definition) is 4. The first-order chi connectivity index (χ1) is 15.5. The first-order valence-corrected chi connectivity index (χ1v) is 10.6. The predicted octanol–water partition coefficient (Wildman–Crippen LogP) is 5.11. The third kappa shape index (κ3) is 4.14. The fourth-order valence-corrected chi connectivity index (χ4v) is 3.80. The summed E-state index contributed by atoms with van der Waals surface area (Å²) in [4.78, 5) is 32.9. The lowest BCUT2D eigenvalue weighted by Crippen LogP contribution is -2.39. The summed E-state index contributed by atoms with van der Waals surface area (Å²) >= 11 is 0. The number of aromatic nitrogens is 2. The Kier molecular flexibility index (Phi) is 6.07. The summed E-state index contributed by atoms with van der Waals surface area (Å²) in [6, 6.07) is 17.7. The summed E-state index contributed by atoms with van der Waals surface area (Å²) in [6.07, 6.45) is 1.58. The maximum Gasteiger partial charge on any atom is 0.322 e. The first-order valence-electron chi connectivity index (χ1n) is 10.6. The van der Waals surface area contributed by atoms with E-state index >= 15 is 0 Å². The van der Waals surface area contributed by atoms with Gasteiger partial charge in [-0.2, -0.15) is 0 Å². The molecule has 0 saturated heterocycles. The van der Waals surface area contributed by atoms with E-state index in [1.54, 1.807) is 27.9 Å². The fraction of sp³-hybridized carbons (Fsp3) is 0.240. The molecule has 1 atom stereocenters. The molecular weight excluding hydrogens is 404 g/mol. The van der Waals surface area contributed by atoms with Crippen molar-refractivity contribution in [1.29, 1.82) is 0 Å². The highest BCUT2D eigenvalue weighted by atomic mass is 16.3. The number of urea groups is 1. The maximum absolute atomic E-state index is 13.4. The van der Waals surface area contributed by atoms with Crippen LogP contribution in [0.2, 0.25) is 0 Å². The van der Waals surface area contributed by atoms with Gasteiger partial charge < -0.3 is 14.6 Å². The molecule has 0 fully saturated rings. The average molecular weight is 431 g/mol. The number of furan rings is 1. The van der Waals surface area contributed by atoms with Crippen molar-refractivity contribution in [3.05, 3.63) is 94.4 Å². The van der Waals surface area contributed by atoms with E-state index in [2.05, 4.69) is 5.32 Å². The zero-order valence-corrected chi connectivity index (χ0v) is 18.4. The molecule has 0 aliphatic rings. The van der Waals surface area contributed by atoms with Gasteiger partial charge in [0.1, 0.15) is 11.6 Å². The molecule has 0 bridgehead atoms. The number of aryl methyl sites for hydroxylation is 1. The summed E-state index contributed by atoms with van der Waals surface area (Å²) in [5.74, 6) is 1.17. The Bertz CT molecular complexity index is 1290. The number of fused-ring (bicyclic) bond motifs is 1. The van der Waals surface area contributed by atoms with Gasteiger partial charge in [0.05, 0.1) is 29.8 Å². The molecule has 2 aromatic heterocycles. The van der Waals surface area contributed by atoms with Crippen molar-refractivity contribution >= 4 is 22.6 Å². The van der Waals surface area contributed by atoms with Crippen LogP contribution in [0.3, 0.4) is 0 Å². The second kappa shape index (κ2) is 9.09. The molecule has 0 spiro atoms. The summed E-state index contributed by atoms with van der Waals surface area (Å²) in [6.45, 7) is 6.40. The van der Waals surface area contributed by atoms with Gasteiger partial charge in [-0.05, 0) is 56.7 Å². The minimum atomic E-state index is -0.485. The summed E-state index contributed by atoms with van der Waals surface area (Å²) in [5.41, 5.74) is 2.19. The number of nitrogens with zero attached hydrogens (tertiary/aromatic N) is 3. The zero-order valence-electron chi connectivity index (χ0n) is 18.4. The Balaban J connectivity index is 1.76. The molecule has 4 aromatic rings. The monoisotopic (exact) mass is 430 g/mol. The van der Waals surface area contributed by atoms with Crippen LogP contribution in [0.5, 0.6) is 0 Å². The topological polar surface area (TPSA) is 80.4 Å². The summed E-state index contributed by atoms with van der Waals surface area (Å²) < 4.78 is 7.14. The van der Waals surface area contributed by atoms with Crippen molar-refractivity contribution in [3.8, 4) is 0 Å². The Labute approximate surface area is 186 Å². The van der Waals surface area contributed by atoms with Gasteiger partial charge in [0, 0.05) is 12.2 Å². The van der Waals surface area contributed by atoms with Crippen LogP contribution >= 0.6 is 0 Å². The molecular formula is C25H26N4O3. The van der Waals surface area contributed by atoms with Crippen LogP contribution in [0, 0.1) is 6.92 Å². The number of nitrogens with one attached hydrogen (secondary N) is 1. The van der Waals surface area contributed by atoms with E-state index in [0.717, 1.165) is 11.3 Å². The molecule has 2 amide bonds. The number of rotatable bonds is 6. The number of benzene rings is 2. The van der Waals surface area contributed by atoms with Crippen molar-refractivity contribution in [3.63, 3.8) is 0 Å². The van der Waals surface area contributed by atoms with Gasteiger partial charge in [0.15, 0.2) is 0 Å². The molecule has 4 rings (SSSR count). The van der Waals surface area contributed by atoms with Gasteiger partial charge in [0.2, 0.25) is 0 Å². The molecule has 1 unspecified atom stereocenters. The molecule has 1 N–H and O–H groups in total. The normalized spacial score (nSPS) is 12.0. The largest absolute Gasteiger partial charge is 0.467 e. The average Bonchev–Trinajstić information content (AvgIpc) is 3.32. The number of hydrogen-bond donors (Lipinski definition) is 1. The first kappa shape index (κ1) is 21.4. The molecule has 2 aromatic carbocycles. The van der Waals surface area contributed by atoms with Crippen molar-refractivity contribution < 1.29 is 9.21 Å². The minimum absolute atomic E-state index is 0.114. The third-order valence-electron chi connectivity index (χ3n) is 5.60. The lowest BCUT2D eigenvalue weighted by molar-refractivity contribution is 0.178. The number of amides is 2. The standard InChI is InChI=1S/C25H26N4O3/c1-4-28-23(26-22-14-8-6-12-20(22)24(28)30)18(3)29(16-19-11-9-15-32-19)25(31)27-21-13-7-5-10-17(21)2/h5-15,18H,4,16H2,1-3H3,(H,27,31). The SMILES string of the molecule is CCn1c(C(C)N(Cc2ccco2)C(=O)Nc2ccccc2C)nc2ccccc2c1=O. The summed E-state index contributed by atoms with van der Waals surface area (Å²) in [7, 11) is 0. The lowest BCUT2D eigenvalue weighted by Gasteiger charge is -2.30. The summed E-state index contributed by atoms with van der Waals surface area (Å²) in [5, 5.41) is 3.56. The Morgan fingerprint density at radius 2 is 1.88 bits per heavy atom. The van der Waals surface area contributed by atoms with Crippen molar-refractivity contribution in [2.45, 2.75) is 39.9 Å². The second-order valence-corrected chi connectivity index (χ2v) is 7.66. The van der Waals surface area contributed by atoms with Crippen LogP contribution in [0.15, 0.2) is 76.1 Å². The highest BCUT2D eigenvalue weighted by Gasteiger charge is 2.27. The van der Waals surface area contributed by atoms with E-state index in [4.69, 9.17) is 9.40 Å². The molecule has 32 heavy (non-hydrogen) atoms. The van der Waals surface area contributed by atoms with E-state index in [0.29, 0.717) is 29.0 Å². The van der Waals surface area contributed by atoms with E-state index in [9.17, 15) is 9.59 Å². The third-order valence-corrected chi connectivity index (χ3v) is 5.60. The second-order valence-electron chi connectivity index (χ2n) is 7.66. The predicted molar refractivity (Wildman–Crippen MR) is 125 cm³/mol. The lowest BCUT2D eigenvalue weighted by atomic mass is 10.2.